The highest BCUT2D eigenvalue weighted by Gasteiger charge is 2.19. The molecular weight excluding hydrogens is 231 g/mol. The predicted molar refractivity (Wildman–Crippen MR) is 66.4 cm³/mol. The first-order chi connectivity index (χ1) is 8.72. The summed E-state index contributed by atoms with van der Waals surface area (Å²) in [7, 11) is 0. The second kappa shape index (κ2) is 5.94. The van der Waals surface area contributed by atoms with E-state index in [0.717, 1.165) is 19.5 Å². The molecule has 1 fully saturated rings. The van der Waals surface area contributed by atoms with Crippen molar-refractivity contribution >= 4 is 0 Å². The van der Waals surface area contributed by atoms with Gasteiger partial charge in [-0.15, -0.1) is 0 Å². The van der Waals surface area contributed by atoms with Gasteiger partial charge in [-0.25, -0.2) is 4.39 Å². The van der Waals surface area contributed by atoms with Crippen LogP contribution in [0.4, 0.5) is 4.39 Å². The molecule has 0 bridgehead atoms. The first kappa shape index (κ1) is 13.0. The molecule has 18 heavy (non-hydrogen) atoms. The monoisotopic (exact) mass is 248 g/mol. The molecule has 1 aromatic carbocycles. The summed E-state index contributed by atoms with van der Waals surface area (Å²) < 4.78 is 19.3. The van der Waals surface area contributed by atoms with Crippen molar-refractivity contribution in [2.75, 3.05) is 19.7 Å². The summed E-state index contributed by atoms with van der Waals surface area (Å²) in [6.07, 6.45) is 1.21. The molecule has 0 aromatic heterocycles. The fourth-order valence-corrected chi connectivity index (χ4v) is 2.18. The van der Waals surface area contributed by atoms with Gasteiger partial charge >= 0.3 is 0 Å². The van der Waals surface area contributed by atoms with E-state index >= 15 is 0 Å². The third-order valence-electron chi connectivity index (χ3n) is 3.25. The van der Waals surface area contributed by atoms with E-state index in [4.69, 9.17) is 10.00 Å². The van der Waals surface area contributed by atoms with Crippen LogP contribution in [0.15, 0.2) is 18.2 Å². The van der Waals surface area contributed by atoms with Gasteiger partial charge in [-0.1, -0.05) is 6.92 Å². The second-order valence-corrected chi connectivity index (χ2v) is 4.55. The smallest absolute Gasteiger partial charge is 0.127 e. The molecule has 1 aromatic rings. The minimum absolute atomic E-state index is 0.237. The molecule has 1 atom stereocenters. The van der Waals surface area contributed by atoms with E-state index in [1.54, 1.807) is 6.07 Å². The summed E-state index contributed by atoms with van der Waals surface area (Å²) in [6, 6.07) is 6.55. The molecule has 0 N–H and O–H groups in total. The molecule has 2 rings (SSSR count). The Morgan fingerprint density at radius 2 is 2.39 bits per heavy atom. The minimum Gasteiger partial charge on any atom is -0.376 e. The van der Waals surface area contributed by atoms with Gasteiger partial charge in [-0.05, 0) is 24.6 Å². The largest absolute Gasteiger partial charge is 0.376 e. The summed E-state index contributed by atoms with van der Waals surface area (Å²) in [5.74, 6) is -0.242. The number of rotatable bonds is 3. The van der Waals surface area contributed by atoms with Crippen LogP contribution in [0, 0.1) is 17.1 Å². The molecule has 0 spiro atoms. The van der Waals surface area contributed by atoms with E-state index in [1.807, 2.05) is 6.07 Å². The van der Waals surface area contributed by atoms with Gasteiger partial charge in [0.25, 0.3) is 0 Å². The molecule has 1 unspecified atom stereocenters. The Morgan fingerprint density at radius 1 is 1.56 bits per heavy atom. The fraction of sp³-hybridized carbons (Fsp3) is 0.500. The Balaban J connectivity index is 2.07. The SMILES string of the molecule is CCC1CN(Cc2cc(C#N)ccc2F)CCO1. The normalized spacial score (nSPS) is 20.6. The molecule has 1 heterocycles. The number of ether oxygens (including phenoxy) is 1. The molecule has 1 aliphatic rings. The highest BCUT2D eigenvalue weighted by Crippen LogP contribution is 2.16. The van der Waals surface area contributed by atoms with Gasteiger partial charge in [-0.2, -0.15) is 5.26 Å². The van der Waals surface area contributed by atoms with Gasteiger partial charge < -0.3 is 4.74 Å². The van der Waals surface area contributed by atoms with Crippen molar-refractivity contribution < 1.29 is 9.13 Å². The van der Waals surface area contributed by atoms with E-state index in [1.165, 1.54) is 12.1 Å². The molecule has 0 aliphatic carbocycles. The first-order valence-electron chi connectivity index (χ1n) is 6.25. The number of benzene rings is 1. The van der Waals surface area contributed by atoms with Crippen LogP contribution in [-0.2, 0) is 11.3 Å². The van der Waals surface area contributed by atoms with E-state index in [9.17, 15) is 4.39 Å². The zero-order valence-electron chi connectivity index (χ0n) is 10.5. The predicted octanol–water partition coefficient (Wildman–Crippen LogP) is 2.31. The van der Waals surface area contributed by atoms with Crippen LogP contribution < -0.4 is 0 Å². The highest BCUT2D eigenvalue weighted by molar-refractivity contribution is 5.33. The molecule has 0 radical (unpaired) electrons. The standard InChI is InChI=1S/C14H17FN2O/c1-2-13-10-17(5-6-18-13)9-12-7-11(8-16)3-4-14(12)15/h3-4,7,13H,2,5-6,9-10H2,1H3. The molecule has 96 valence electrons. The zero-order chi connectivity index (χ0) is 13.0. The number of nitrogens with zero attached hydrogens (tertiary/aromatic N) is 2. The molecular formula is C14H17FN2O. The quantitative estimate of drug-likeness (QED) is 0.823. The lowest BCUT2D eigenvalue weighted by Gasteiger charge is -2.32. The topological polar surface area (TPSA) is 36.3 Å². The number of hydrogen-bond donors (Lipinski definition) is 0. The maximum absolute atomic E-state index is 13.7. The van der Waals surface area contributed by atoms with Crippen LogP contribution in [0.5, 0.6) is 0 Å². The van der Waals surface area contributed by atoms with Crippen molar-refractivity contribution in [3.8, 4) is 6.07 Å². The Hall–Kier alpha value is -1.44. The van der Waals surface area contributed by atoms with Crippen molar-refractivity contribution in [2.45, 2.75) is 26.0 Å². The summed E-state index contributed by atoms with van der Waals surface area (Å²) in [4.78, 5) is 2.18. The molecule has 4 heteroatoms. The lowest BCUT2D eigenvalue weighted by Crippen LogP contribution is -2.41. The average molecular weight is 248 g/mol. The van der Waals surface area contributed by atoms with Gasteiger partial charge in [0.05, 0.1) is 24.3 Å². The zero-order valence-corrected chi connectivity index (χ0v) is 10.5. The van der Waals surface area contributed by atoms with Gasteiger partial charge in [0.15, 0.2) is 0 Å². The van der Waals surface area contributed by atoms with E-state index in [0.29, 0.717) is 24.3 Å². The van der Waals surface area contributed by atoms with Crippen LogP contribution in [0.25, 0.3) is 0 Å². The molecule has 1 aliphatic heterocycles. The minimum atomic E-state index is -0.242. The Kier molecular flexibility index (Phi) is 4.29. The summed E-state index contributed by atoms with van der Waals surface area (Å²) in [5.41, 5.74) is 1.09. The molecule has 0 saturated carbocycles. The molecule has 0 amide bonds. The average Bonchev–Trinajstić information content (AvgIpc) is 2.41. The fourth-order valence-electron chi connectivity index (χ4n) is 2.18. The van der Waals surface area contributed by atoms with Crippen molar-refractivity contribution in [3.63, 3.8) is 0 Å². The van der Waals surface area contributed by atoms with Crippen LogP contribution in [0.1, 0.15) is 24.5 Å². The summed E-state index contributed by atoms with van der Waals surface area (Å²) in [6.45, 7) is 4.96. The third kappa shape index (κ3) is 3.06. The number of hydrogen-bond acceptors (Lipinski definition) is 3. The van der Waals surface area contributed by atoms with Crippen molar-refractivity contribution in [1.29, 1.82) is 5.26 Å². The maximum atomic E-state index is 13.7. The van der Waals surface area contributed by atoms with Gasteiger partial charge in [0, 0.05) is 25.2 Å². The van der Waals surface area contributed by atoms with Gasteiger partial charge in [0.1, 0.15) is 5.82 Å². The molecule has 1 saturated heterocycles. The lowest BCUT2D eigenvalue weighted by molar-refractivity contribution is -0.0327. The van der Waals surface area contributed by atoms with Crippen LogP contribution in [0.2, 0.25) is 0 Å². The van der Waals surface area contributed by atoms with Crippen molar-refractivity contribution in [1.82, 2.24) is 4.90 Å². The van der Waals surface area contributed by atoms with Crippen LogP contribution >= 0.6 is 0 Å². The summed E-state index contributed by atoms with van der Waals surface area (Å²) >= 11 is 0. The maximum Gasteiger partial charge on any atom is 0.127 e. The second-order valence-electron chi connectivity index (χ2n) is 4.55. The lowest BCUT2D eigenvalue weighted by atomic mass is 10.1. The number of nitriles is 1. The van der Waals surface area contributed by atoms with Crippen molar-refractivity contribution in [2.24, 2.45) is 0 Å². The summed E-state index contributed by atoms with van der Waals surface area (Å²) in [5, 5.41) is 8.83. The first-order valence-corrected chi connectivity index (χ1v) is 6.25. The van der Waals surface area contributed by atoms with Crippen LogP contribution in [0.3, 0.4) is 0 Å². The van der Waals surface area contributed by atoms with Gasteiger partial charge in [0.2, 0.25) is 0 Å². The van der Waals surface area contributed by atoms with E-state index in [-0.39, 0.29) is 11.9 Å². The van der Waals surface area contributed by atoms with E-state index < -0.39 is 0 Å². The number of morpholine rings is 1. The Morgan fingerprint density at radius 3 is 3.11 bits per heavy atom. The van der Waals surface area contributed by atoms with E-state index in [2.05, 4.69) is 11.8 Å². The van der Waals surface area contributed by atoms with Crippen molar-refractivity contribution in [3.05, 3.63) is 35.1 Å². The van der Waals surface area contributed by atoms with Gasteiger partial charge in [-0.3, -0.25) is 4.90 Å². The number of halogens is 1. The highest BCUT2D eigenvalue weighted by atomic mass is 19.1. The van der Waals surface area contributed by atoms with Crippen LogP contribution in [-0.4, -0.2) is 30.7 Å². The Bertz CT molecular complexity index is 456. The Labute approximate surface area is 107 Å². The molecule has 3 nitrogen and oxygen atoms in total. The third-order valence-corrected chi connectivity index (χ3v) is 3.25.